The van der Waals surface area contributed by atoms with Crippen molar-refractivity contribution < 1.29 is 0 Å². The lowest BCUT2D eigenvalue weighted by molar-refractivity contribution is 0.387. The Morgan fingerprint density at radius 1 is 0.627 bits per heavy atom. The molecule has 3 aliphatic carbocycles. The van der Waals surface area contributed by atoms with Crippen LogP contribution in [0.3, 0.4) is 0 Å². The van der Waals surface area contributed by atoms with E-state index in [1.54, 1.807) is 0 Å². The van der Waals surface area contributed by atoms with Gasteiger partial charge in [-0.3, -0.25) is 0 Å². The van der Waals surface area contributed by atoms with Crippen LogP contribution in [0.4, 0.5) is 11.4 Å². The van der Waals surface area contributed by atoms with E-state index in [1.165, 1.54) is 120 Å². The molecule has 1 unspecified atom stereocenters. The second kappa shape index (κ2) is 15.4. The van der Waals surface area contributed by atoms with E-state index in [9.17, 15) is 0 Å². The van der Waals surface area contributed by atoms with Gasteiger partial charge in [-0.25, -0.2) is 0 Å². The first kappa shape index (κ1) is 37.3. The topological polar surface area (TPSA) is 6.48 Å². The van der Waals surface area contributed by atoms with Crippen molar-refractivity contribution in [2.75, 3.05) is 22.9 Å². The second-order valence-electron chi connectivity index (χ2n) is 16.8. The van der Waals surface area contributed by atoms with Crippen molar-refractivity contribution in [3.63, 3.8) is 0 Å². The summed E-state index contributed by atoms with van der Waals surface area (Å²) in [5.74, 6) is 0. The van der Waals surface area contributed by atoms with Crippen molar-refractivity contribution in [3.8, 4) is 0 Å². The number of aryl methyl sites for hydroxylation is 6. The normalized spacial score (nSPS) is 24.6. The molecular weight excluding hydrogens is 682 g/mol. The zero-order valence-corrected chi connectivity index (χ0v) is 34.6. The summed E-state index contributed by atoms with van der Waals surface area (Å²) in [6, 6.07) is 20.8. The molecule has 274 valence electrons. The molecule has 51 heavy (non-hydrogen) atoms. The predicted molar refractivity (Wildman–Crippen MR) is 226 cm³/mol. The highest BCUT2D eigenvalue weighted by atomic mass is 35.5. The van der Waals surface area contributed by atoms with Crippen LogP contribution in [-0.2, 0) is 0 Å². The molecule has 7 rings (SSSR count). The molecule has 2 nitrogen and oxygen atoms in total. The molecule has 0 aromatic heterocycles. The van der Waals surface area contributed by atoms with Crippen LogP contribution in [0.25, 0.3) is 6.08 Å². The number of alkyl halides is 2. The third kappa shape index (κ3) is 7.42. The Labute approximate surface area is 321 Å². The zero-order valence-electron chi connectivity index (χ0n) is 32.2. The Kier molecular flexibility index (Phi) is 11.3. The SMILES string of the molecule is Cc1cc(C)c(N2CCN(c3c(C)cc(C)cc3C)C2C2(P(C3CCCCC3)C3CCCCC3)CCC(Cl)(Cl)CC2=Cc2ccccc2)c(C)c1. The molecule has 0 N–H and O–H groups in total. The van der Waals surface area contributed by atoms with Crippen LogP contribution < -0.4 is 9.80 Å². The highest BCUT2D eigenvalue weighted by Crippen LogP contribution is 2.73. The molecule has 4 fully saturated rings. The van der Waals surface area contributed by atoms with E-state index in [1.807, 2.05) is 0 Å². The molecule has 0 spiro atoms. The maximum Gasteiger partial charge on any atom is 0.122 e. The van der Waals surface area contributed by atoms with Gasteiger partial charge in [0.1, 0.15) is 10.5 Å². The number of benzene rings is 3. The summed E-state index contributed by atoms with van der Waals surface area (Å²) in [6.07, 6.45) is 19.2. The van der Waals surface area contributed by atoms with Gasteiger partial charge in [-0.1, -0.05) is 124 Å². The summed E-state index contributed by atoms with van der Waals surface area (Å²) in [4.78, 5) is 5.83. The summed E-state index contributed by atoms with van der Waals surface area (Å²) in [7, 11) is -0.441. The fourth-order valence-electron chi connectivity index (χ4n) is 11.2. The van der Waals surface area contributed by atoms with Crippen LogP contribution in [0, 0.1) is 41.5 Å². The third-order valence-electron chi connectivity index (χ3n) is 12.9. The van der Waals surface area contributed by atoms with Gasteiger partial charge >= 0.3 is 0 Å². The molecule has 3 aromatic carbocycles. The van der Waals surface area contributed by atoms with Crippen molar-refractivity contribution in [1.82, 2.24) is 0 Å². The quantitative estimate of drug-likeness (QED) is 0.176. The van der Waals surface area contributed by atoms with Gasteiger partial charge in [0.05, 0.1) is 5.16 Å². The van der Waals surface area contributed by atoms with Gasteiger partial charge in [0, 0.05) is 30.9 Å². The Morgan fingerprint density at radius 2 is 1.08 bits per heavy atom. The lowest BCUT2D eigenvalue weighted by Gasteiger charge is -2.60. The van der Waals surface area contributed by atoms with Crippen molar-refractivity contribution in [2.24, 2.45) is 0 Å². The molecule has 3 aromatic rings. The molecule has 1 atom stereocenters. The highest BCUT2D eigenvalue weighted by molar-refractivity contribution is 7.61. The van der Waals surface area contributed by atoms with Gasteiger partial charge < -0.3 is 9.80 Å². The molecule has 3 saturated carbocycles. The van der Waals surface area contributed by atoms with E-state index < -0.39 is 12.3 Å². The van der Waals surface area contributed by atoms with E-state index in [-0.39, 0.29) is 11.3 Å². The minimum absolute atomic E-state index is 0.0630. The molecule has 5 heteroatoms. The number of rotatable bonds is 7. The first-order valence-electron chi connectivity index (χ1n) is 20.1. The second-order valence-corrected chi connectivity index (χ2v) is 21.5. The summed E-state index contributed by atoms with van der Waals surface area (Å²) in [5.41, 5.74) is 15.6. The Balaban J connectivity index is 1.56. The smallest absolute Gasteiger partial charge is 0.122 e. The molecule has 1 aliphatic heterocycles. The van der Waals surface area contributed by atoms with E-state index in [0.29, 0.717) is 0 Å². The average molecular weight is 744 g/mol. The number of nitrogens with zero attached hydrogens (tertiary/aromatic N) is 2. The molecular formula is C46H61Cl2N2P. The van der Waals surface area contributed by atoms with Gasteiger partial charge in [0.25, 0.3) is 0 Å². The largest absolute Gasteiger partial charge is 0.348 e. The Bertz CT molecular complexity index is 1590. The van der Waals surface area contributed by atoms with Crippen molar-refractivity contribution in [2.45, 2.75) is 152 Å². The van der Waals surface area contributed by atoms with Crippen molar-refractivity contribution in [3.05, 3.63) is 99.1 Å². The van der Waals surface area contributed by atoms with Gasteiger partial charge in [0.2, 0.25) is 0 Å². The first-order valence-corrected chi connectivity index (χ1v) is 22.3. The van der Waals surface area contributed by atoms with Crippen LogP contribution in [0.2, 0.25) is 0 Å². The molecule has 1 saturated heterocycles. The maximum absolute atomic E-state index is 7.39. The average Bonchev–Trinajstić information content (AvgIpc) is 3.50. The zero-order chi connectivity index (χ0) is 35.9. The highest BCUT2D eigenvalue weighted by Gasteiger charge is 2.61. The summed E-state index contributed by atoms with van der Waals surface area (Å²) in [6.45, 7) is 16.0. The van der Waals surface area contributed by atoms with Crippen LogP contribution in [0.1, 0.15) is 122 Å². The summed E-state index contributed by atoms with van der Waals surface area (Å²) in [5, 5.41) is -0.0630. The number of anilines is 2. The van der Waals surface area contributed by atoms with E-state index in [2.05, 4.69) is 112 Å². The van der Waals surface area contributed by atoms with Gasteiger partial charge in [-0.2, -0.15) is 0 Å². The molecule has 1 heterocycles. The lowest BCUT2D eigenvalue weighted by Crippen LogP contribution is -2.61. The fraction of sp³-hybridized carbons (Fsp3) is 0.565. The van der Waals surface area contributed by atoms with E-state index in [0.717, 1.165) is 43.7 Å². The van der Waals surface area contributed by atoms with Crippen LogP contribution in [0.15, 0.2) is 60.2 Å². The van der Waals surface area contributed by atoms with E-state index in [4.69, 9.17) is 23.2 Å². The van der Waals surface area contributed by atoms with Crippen LogP contribution >= 0.6 is 31.1 Å². The minimum Gasteiger partial charge on any atom is -0.348 e. The van der Waals surface area contributed by atoms with Gasteiger partial charge in [-0.05, 0) is 119 Å². The number of halogens is 2. The van der Waals surface area contributed by atoms with Gasteiger partial charge in [-0.15, -0.1) is 23.2 Å². The summed E-state index contributed by atoms with van der Waals surface area (Å²) >= 11 is 14.8. The predicted octanol–water partition coefficient (Wildman–Crippen LogP) is 13.5. The fourth-order valence-corrected chi connectivity index (χ4v) is 16.8. The Morgan fingerprint density at radius 3 is 1.53 bits per heavy atom. The Hall–Kier alpha value is -1.99. The van der Waals surface area contributed by atoms with Gasteiger partial charge in [0.15, 0.2) is 0 Å². The first-order chi connectivity index (χ1) is 24.5. The molecule has 0 bridgehead atoms. The monoisotopic (exact) mass is 742 g/mol. The standard InChI is InChI=1S/C46H61Cl2N2P/c1-32-26-34(3)42(35(4)27-32)49-24-25-50(43-36(5)28-33(2)29-37(43)6)44(49)46(51(40-18-12-8-13-19-40)41-20-14-9-15-21-41)23-22-45(47,48)31-39(46)30-38-16-10-7-11-17-38/h7,10-11,16-17,26-30,40-41,44H,8-9,12-15,18-25,31H2,1-6H3. The molecule has 4 aliphatic rings. The van der Waals surface area contributed by atoms with Crippen LogP contribution in [0.5, 0.6) is 0 Å². The number of hydrogen-bond acceptors (Lipinski definition) is 2. The molecule has 0 radical (unpaired) electrons. The van der Waals surface area contributed by atoms with Crippen molar-refractivity contribution >= 4 is 48.6 Å². The maximum atomic E-state index is 7.39. The van der Waals surface area contributed by atoms with Crippen LogP contribution in [-0.4, -0.2) is 40.1 Å². The minimum atomic E-state index is -0.760. The number of hydrogen-bond donors (Lipinski definition) is 0. The lowest BCUT2D eigenvalue weighted by atomic mass is 9.78. The van der Waals surface area contributed by atoms with E-state index >= 15 is 0 Å². The third-order valence-corrected chi connectivity index (χ3v) is 17.8. The van der Waals surface area contributed by atoms with Crippen molar-refractivity contribution in [1.29, 1.82) is 0 Å². The summed E-state index contributed by atoms with van der Waals surface area (Å²) < 4.78 is -0.760. The molecule has 0 amide bonds.